The highest BCUT2D eigenvalue weighted by atomic mass is 16.5. The van der Waals surface area contributed by atoms with Gasteiger partial charge in [0.05, 0.1) is 6.54 Å². The fraction of sp³-hybridized carbons (Fsp3) is 0.389. The summed E-state index contributed by atoms with van der Waals surface area (Å²) in [6.07, 6.45) is 2.07. The van der Waals surface area contributed by atoms with Gasteiger partial charge in [-0.3, -0.25) is 0 Å². The van der Waals surface area contributed by atoms with E-state index in [0.29, 0.717) is 11.1 Å². The van der Waals surface area contributed by atoms with E-state index in [1.807, 2.05) is 6.92 Å². The molecule has 145 valence electrons. The lowest BCUT2D eigenvalue weighted by atomic mass is 10.4. The Morgan fingerprint density at radius 3 is 1.81 bits per heavy atom. The van der Waals surface area contributed by atoms with E-state index in [1.165, 1.54) is 19.6 Å². The van der Waals surface area contributed by atoms with Gasteiger partial charge in [0.2, 0.25) is 6.08 Å². The molecular weight excluding hydrogens is 342 g/mol. The lowest BCUT2D eigenvalue weighted by molar-refractivity contribution is -0.138. The number of isocyanates is 1. The lowest BCUT2D eigenvalue weighted by Gasteiger charge is -1.99. The predicted octanol–water partition coefficient (Wildman–Crippen LogP) is 2.77. The molecule has 1 radical (unpaired) electrons. The predicted molar refractivity (Wildman–Crippen MR) is 96.7 cm³/mol. The molecule has 0 aliphatic carbocycles. The van der Waals surface area contributed by atoms with Gasteiger partial charge in [0, 0.05) is 16.7 Å². The first kappa shape index (κ1) is 27.8. The highest BCUT2D eigenvalue weighted by molar-refractivity contribution is 5.87. The summed E-state index contributed by atoms with van der Waals surface area (Å²) in [4.78, 5) is 43.5. The molecule has 0 spiro atoms. The molecule has 0 saturated heterocycles. The van der Waals surface area contributed by atoms with Crippen LogP contribution in [-0.2, 0) is 28.7 Å². The van der Waals surface area contributed by atoms with Crippen molar-refractivity contribution < 1.29 is 33.8 Å². The quantitative estimate of drug-likeness (QED) is 0.230. The first-order chi connectivity index (χ1) is 12.0. The van der Waals surface area contributed by atoms with E-state index >= 15 is 0 Å². The van der Waals surface area contributed by atoms with Crippen LogP contribution < -0.4 is 0 Å². The average molecular weight is 368 g/mol. The molecular formula is C18H26NO7. The van der Waals surface area contributed by atoms with E-state index in [-0.39, 0.29) is 24.7 Å². The van der Waals surface area contributed by atoms with Gasteiger partial charge in [-0.15, -0.1) is 0 Å². The van der Waals surface area contributed by atoms with Gasteiger partial charge in [-0.25, -0.2) is 24.2 Å². The molecule has 8 nitrogen and oxygen atoms in total. The van der Waals surface area contributed by atoms with Gasteiger partial charge >= 0.3 is 17.9 Å². The third-order valence-corrected chi connectivity index (χ3v) is 1.92. The zero-order valence-electron chi connectivity index (χ0n) is 15.7. The summed E-state index contributed by atoms with van der Waals surface area (Å²) in [6, 6.07) is 0. The molecule has 0 rings (SSSR count). The van der Waals surface area contributed by atoms with Gasteiger partial charge in [-0.2, -0.15) is 0 Å². The Morgan fingerprint density at radius 2 is 1.50 bits per heavy atom. The van der Waals surface area contributed by atoms with Crippen LogP contribution in [0.4, 0.5) is 0 Å². The van der Waals surface area contributed by atoms with Crippen LogP contribution in [0.2, 0.25) is 0 Å². The van der Waals surface area contributed by atoms with Crippen molar-refractivity contribution in [1.82, 2.24) is 0 Å². The maximum absolute atomic E-state index is 10.6. The Hall–Kier alpha value is -2.99. The molecule has 26 heavy (non-hydrogen) atoms. The van der Waals surface area contributed by atoms with Crippen molar-refractivity contribution in [3.05, 3.63) is 43.1 Å². The molecule has 1 N–H and O–H groups in total. The molecule has 0 aromatic rings. The summed E-state index contributed by atoms with van der Waals surface area (Å²) in [5.74, 6) is -1.75. The Labute approximate surface area is 153 Å². The minimum absolute atomic E-state index is 0.0981. The van der Waals surface area contributed by atoms with Crippen molar-refractivity contribution >= 4 is 24.0 Å². The van der Waals surface area contributed by atoms with Crippen LogP contribution in [0.25, 0.3) is 0 Å². The summed E-state index contributed by atoms with van der Waals surface area (Å²) in [7, 11) is 0. The van der Waals surface area contributed by atoms with E-state index in [2.05, 4.69) is 34.2 Å². The van der Waals surface area contributed by atoms with E-state index in [0.717, 1.165) is 6.42 Å². The standard InChI is InChI=1S/C7H9NO3.C7H11O2.C4H6O2/c1-6(2)7(10)11-4-3-8-5-9;1-4-5-9-7(8)6(2)3;1-3(2)4(5)6/h1,3-4H2,2H3;5H,2,4H2,1,3H3;1H2,2H3,(H,5,6). The summed E-state index contributed by atoms with van der Waals surface area (Å²) in [5, 5.41) is 7.89. The van der Waals surface area contributed by atoms with Crippen molar-refractivity contribution in [2.75, 3.05) is 13.2 Å². The highest BCUT2D eigenvalue weighted by Crippen LogP contribution is 1.95. The van der Waals surface area contributed by atoms with E-state index < -0.39 is 11.9 Å². The van der Waals surface area contributed by atoms with Crippen LogP contribution in [-0.4, -0.2) is 42.2 Å². The maximum atomic E-state index is 10.6. The summed E-state index contributed by atoms with van der Waals surface area (Å²) in [5.41, 5.74) is 0.940. The van der Waals surface area contributed by atoms with E-state index in [1.54, 1.807) is 13.8 Å². The van der Waals surface area contributed by atoms with Crippen LogP contribution in [0.5, 0.6) is 0 Å². The minimum atomic E-state index is -0.935. The molecule has 0 bridgehead atoms. The Bertz CT molecular complexity index is 546. The number of nitrogens with zero attached hydrogens (tertiary/aromatic N) is 1. The summed E-state index contributed by atoms with van der Waals surface area (Å²) < 4.78 is 9.18. The third kappa shape index (κ3) is 23.3. The molecule has 0 aromatic heterocycles. The van der Waals surface area contributed by atoms with Crippen LogP contribution in [0.1, 0.15) is 34.1 Å². The lowest BCUT2D eigenvalue weighted by Crippen LogP contribution is -2.07. The molecule has 0 aliphatic heterocycles. The van der Waals surface area contributed by atoms with Gasteiger partial charge in [-0.05, 0) is 27.2 Å². The fourth-order valence-electron chi connectivity index (χ4n) is 0.612. The molecule has 0 amide bonds. The average Bonchev–Trinajstić information content (AvgIpc) is 2.57. The van der Waals surface area contributed by atoms with E-state index in [9.17, 15) is 19.2 Å². The fourth-order valence-corrected chi connectivity index (χ4v) is 0.612. The molecule has 0 atom stereocenters. The number of carbonyl (C=O) groups is 3. The number of carboxylic acid groups (broad SMARTS) is 1. The monoisotopic (exact) mass is 368 g/mol. The van der Waals surface area contributed by atoms with Crippen molar-refractivity contribution in [3.63, 3.8) is 0 Å². The summed E-state index contributed by atoms with van der Waals surface area (Å²) >= 11 is 0. The van der Waals surface area contributed by atoms with Gasteiger partial charge in [0.1, 0.15) is 13.2 Å². The topological polar surface area (TPSA) is 119 Å². The number of hydrogen-bond acceptors (Lipinski definition) is 7. The first-order valence-corrected chi connectivity index (χ1v) is 7.44. The molecule has 0 aromatic carbocycles. The molecule has 0 aliphatic rings. The van der Waals surface area contributed by atoms with Crippen molar-refractivity contribution in [2.45, 2.75) is 34.1 Å². The third-order valence-electron chi connectivity index (χ3n) is 1.92. The van der Waals surface area contributed by atoms with Crippen molar-refractivity contribution in [2.24, 2.45) is 4.99 Å². The maximum Gasteiger partial charge on any atom is 0.333 e. The summed E-state index contributed by atoms with van der Waals surface area (Å²) in [6.45, 7) is 18.2. The van der Waals surface area contributed by atoms with Crippen LogP contribution in [0, 0.1) is 6.61 Å². The zero-order valence-corrected chi connectivity index (χ0v) is 15.7. The number of ether oxygens (including phenoxy) is 2. The molecule has 0 unspecified atom stereocenters. The number of esters is 2. The molecule has 8 heteroatoms. The second kappa shape index (κ2) is 18.4. The Morgan fingerprint density at radius 1 is 1.04 bits per heavy atom. The largest absolute Gasteiger partial charge is 0.478 e. The van der Waals surface area contributed by atoms with Crippen LogP contribution in [0.3, 0.4) is 0 Å². The number of rotatable bonds is 8. The number of aliphatic imine (C=N–C) groups is 1. The van der Waals surface area contributed by atoms with Gasteiger partial charge in [0.15, 0.2) is 0 Å². The smallest absolute Gasteiger partial charge is 0.333 e. The minimum Gasteiger partial charge on any atom is -0.478 e. The van der Waals surface area contributed by atoms with Crippen LogP contribution in [0.15, 0.2) is 41.4 Å². The second-order valence-corrected chi connectivity index (χ2v) is 4.74. The van der Waals surface area contributed by atoms with Gasteiger partial charge in [0.25, 0.3) is 0 Å². The Kier molecular flexibility index (Phi) is 19.6. The van der Waals surface area contributed by atoms with E-state index in [4.69, 9.17) is 5.11 Å². The van der Waals surface area contributed by atoms with Crippen molar-refractivity contribution in [1.29, 1.82) is 0 Å². The Balaban J connectivity index is -0.000000319. The molecule has 0 saturated carbocycles. The number of aliphatic carboxylic acids is 1. The molecule has 0 fully saturated rings. The van der Waals surface area contributed by atoms with Gasteiger partial charge < -0.3 is 14.6 Å². The van der Waals surface area contributed by atoms with Crippen molar-refractivity contribution in [3.8, 4) is 0 Å². The number of hydrogen-bond donors (Lipinski definition) is 1. The number of carboxylic acids is 1. The SMILES string of the molecule is C=C(C)C(=O)O.C=C(C)C(=O)OCCN=C=O.C=C(C)C(=O)O[CH]CC. The molecule has 0 heterocycles. The van der Waals surface area contributed by atoms with Crippen LogP contribution >= 0.6 is 0 Å². The number of carbonyl (C=O) groups excluding carboxylic acids is 3. The second-order valence-electron chi connectivity index (χ2n) is 4.74. The normalized spacial score (nSPS) is 8.15. The highest BCUT2D eigenvalue weighted by Gasteiger charge is 2.01. The first-order valence-electron chi connectivity index (χ1n) is 7.44. The zero-order chi connectivity index (χ0) is 21.1. The van der Waals surface area contributed by atoms with Gasteiger partial charge in [-0.1, -0.05) is 26.7 Å².